The average Bonchev–Trinajstić information content (AvgIpc) is 3.33. The fourth-order valence-electron chi connectivity index (χ4n) is 3.10. The molecular formula is C18H25N3O2. The van der Waals surface area contributed by atoms with Gasteiger partial charge in [0, 0.05) is 38.6 Å². The summed E-state index contributed by atoms with van der Waals surface area (Å²) in [6.45, 7) is 2.66. The predicted octanol–water partition coefficient (Wildman–Crippen LogP) is 1.25. The van der Waals surface area contributed by atoms with Crippen LogP contribution < -0.4 is 5.32 Å². The van der Waals surface area contributed by atoms with Crippen LogP contribution in [0.15, 0.2) is 30.3 Å². The van der Waals surface area contributed by atoms with Crippen molar-refractivity contribution in [1.82, 2.24) is 15.1 Å². The number of nitrogens with zero attached hydrogens (tertiary/aromatic N) is 2. The fourth-order valence-corrected chi connectivity index (χ4v) is 3.10. The molecule has 1 atom stereocenters. The maximum atomic E-state index is 12.2. The predicted molar refractivity (Wildman–Crippen MR) is 88.6 cm³/mol. The van der Waals surface area contributed by atoms with Crippen molar-refractivity contribution in [3.05, 3.63) is 35.9 Å². The highest BCUT2D eigenvalue weighted by Crippen LogP contribution is 2.24. The van der Waals surface area contributed by atoms with Gasteiger partial charge in [-0.15, -0.1) is 0 Å². The number of hydrogen-bond donors (Lipinski definition) is 1. The summed E-state index contributed by atoms with van der Waals surface area (Å²) < 4.78 is 0. The molecule has 2 amide bonds. The van der Waals surface area contributed by atoms with Gasteiger partial charge in [-0.2, -0.15) is 0 Å². The van der Waals surface area contributed by atoms with Gasteiger partial charge in [0.1, 0.15) is 0 Å². The van der Waals surface area contributed by atoms with Gasteiger partial charge in [-0.25, -0.2) is 0 Å². The Labute approximate surface area is 137 Å². The maximum Gasteiger partial charge on any atom is 0.225 e. The Hall–Kier alpha value is -1.88. The van der Waals surface area contributed by atoms with Crippen molar-refractivity contribution in [2.45, 2.75) is 31.8 Å². The average molecular weight is 315 g/mol. The molecule has 0 unspecified atom stereocenters. The molecule has 5 nitrogen and oxygen atoms in total. The quantitative estimate of drug-likeness (QED) is 0.824. The van der Waals surface area contributed by atoms with E-state index in [0.29, 0.717) is 32.1 Å². The van der Waals surface area contributed by atoms with E-state index in [0.717, 1.165) is 12.1 Å². The SMILES string of the molecule is CN(CCNC(=O)[C@@H]1CC(=O)N(Cc2ccccc2)C1)C1CC1. The van der Waals surface area contributed by atoms with E-state index in [-0.39, 0.29) is 17.7 Å². The minimum atomic E-state index is -0.211. The van der Waals surface area contributed by atoms with Crippen LogP contribution in [0.4, 0.5) is 0 Å². The Morgan fingerprint density at radius 2 is 2.04 bits per heavy atom. The number of likely N-dealkylation sites (tertiary alicyclic amines) is 1. The molecule has 1 saturated carbocycles. The molecule has 23 heavy (non-hydrogen) atoms. The summed E-state index contributed by atoms with van der Waals surface area (Å²) >= 11 is 0. The first-order valence-electron chi connectivity index (χ1n) is 8.43. The second kappa shape index (κ2) is 7.13. The van der Waals surface area contributed by atoms with E-state index < -0.39 is 0 Å². The van der Waals surface area contributed by atoms with Crippen molar-refractivity contribution < 1.29 is 9.59 Å². The molecule has 2 aliphatic rings. The van der Waals surface area contributed by atoms with E-state index >= 15 is 0 Å². The number of carbonyl (C=O) groups is 2. The van der Waals surface area contributed by atoms with Gasteiger partial charge in [-0.1, -0.05) is 30.3 Å². The second-order valence-corrected chi connectivity index (χ2v) is 6.66. The minimum absolute atomic E-state index is 0.0121. The highest BCUT2D eigenvalue weighted by molar-refractivity contribution is 5.89. The van der Waals surface area contributed by atoms with Crippen LogP contribution in [-0.2, 0) is 16.1 Å². The standard InChI is InChI=1S/C18H25N3O2/c1-20(16-7-8-16)10-9-19-18(23)15-11-17(22)21(13-15)12-14-5-3-2-4-6-14/h2-6,15-16H,7-13H2,1H3,(H,19,23)/t15-/m1/s1. The largest absolute Gasteiger partial charge is 0.355 e. The summed E-state index contributed by atoms with van der Waals surface area (Å²) in [5, 5.41) is 2.98. The monoisotopic (exact) mass is 315 g/mol. The Morgan fingerprint density at radius 1 is 1.30 bits per heavy atom. The van der Waals surface area contributed by atoms with Gasteiger partial charge >= 0.3 is 0 Å². The van der Waals surface area contributed by atoms with E-state index in [9.17, 15) is 9.59 Å². The summed E-state index contributed by atoms with van der Waals surface area (Å²) in [6.07, 6.45) is 2.88. The Kier molecular flexibility index (Phi) is 4.96. The summed E-state index contributed by atoms with van der Waals surface area (Å²) in [5.41, 5.74) is 1.10. The van der Waals surface area contributed by atoms with Gasteiger partial charge in [0.15, 0.2) is 0 Å². The molecule has 1 heterocycles. The number of hydrogen-bond acceptors (Lipinski definition) is 3. The minimum Gasteiger partial charge on any atom is -0.355 e. The lowest BCUT2D eigenvalue weighted by Gasteiger charge is -2.18. The van der Waals surface area contributed by atoms with Gasteiger partial charge in [0.25, 0.3) is 0 Å². The molecule has 2 fully saturated rings. The zero-order valence-corrected chi connectivity index (χ0v) is 13.7. The molecule has 1 aliphatic carbocycles. The van der Waals surface area contributed by atoms with Gasteiger partial charge in [0.05, 0.1) is 5.92 Å². The van der Waals surface area contributed by atoms with E-state index in [1.54, 1.807) is 4.90 Å². The lowest BCUT2D eigenvalue weighted by atomic mass is 10.1. The third-order valence-electron chi connectivity index (χ3n) is 4.74. The van der Waals surface area contributed by atoms with Gasteiger partial charge in [-0.05, 0) is 25.5 Å². The molecule has 0 spiro atoms. The first-order chi connectivity index (χ1) is 11.1. The molecule has 5 heteroatoms. The maximum absolute atomic E-state index is 12.2. The van der Waals surface area contributed by atoms with Gasteiger partial charge < -0.3 is 15.1 Å². The summed E-state index contributed by atoms with van der Waals surface area (Å²) in [5.74, 6) is -0.125. The van der Waals surface area contributed by atoms with Gasteiger partial charge in [0.2, 0.25) is 11.8 Å². The molecule has 3 rings (SSSR count). The van der Waals surface area contributed by atoms with Crippen molar-refractivity contribution >= 4 is 11.8 Å². The zero-order valence-electron chi connectivity index (χ0n) is 13.7. The van der Waals surface area contributed by atoms with E-state index in [4.69, 9.17) is 0 Å². The Balaban J connectivity index is 1.43. The van der Waals surface area contributed by atoms with Crippen molar-refractivity contribution in [1.29, 1.82) is 0 Å². The topological polar surface area (TPSA) is 52.7 Å². The molecule has 1 aromatic rings. The number of likely N-dealkylation sites (N-methyl/N-ethyl adjacent to an activating group) is 1. The van der Waals surface area contributed by atoms with Crippen molar-refractivity contribution in [2.24, 2.45) is 5.92 Å². The van der Waals surface area contributed by atoms with Crippen LogP contribution in [0.1, 0.15) is 24.8 Å². The first-order valence-corrected chi connectivity index (χ1v) is 8.43. The number of amides is 2. The van der Waals surface area contributed by atoms with Gasteiger partial charge in [-0.3, -0.25) is 9.59 Å². The summed E-state index contributed by atoms with van der Waals surface area (Å²) in [7, 11) is 2.10. The van der Waals surface area contributed by atoms with Crippen molar-refractivity contribution in [3.8, 4) is 0 Å². The van der Waals surface area contributed by atoms with Crippen LogP contribution in [0.5, 0.6) is 0 Å². The van der Waals surface area contributed by atoms with E-state index in [1.165, 1.54) is 12.8 Å². The van der Waals surface area contributed by atoms with Crippen LogP contribution >= 0.6 is 0 Å². The Morgan fingerprint density at radius 3 is 2.74 bits per heavy atom. The van der Waals surface area contributed by atoms with E-state index in [2.05, 4.69) is 17.3 Å². The number of carbonyl (C=O) groups excluding carboxylic acids is 2. The van der Waals surface area contributed by atoms with Crippen LogP contribution in [0, 0.1) is 5.92 Å². The molecular weight excluding hydrogens is 290 g/mol. The number of rotatable bonds is 7. The lowest BCUT2D eigenvalue weighted by molar-refractivity contribution is -0.129. The molecule has 0 bridgehead atoms. The van der Waals surface area contributed by atoms with Crippen LogP contribution in [0.2, 0.25) is 0 Å². The summed E-state index contributed by atoms with van der Waals surface area (Å²) in [6, 6.07) is 10.6. The zero-order chi connectivity index (χ0) is 16.2. The third-order valence-corrected chi connectivity index (χ3v) is 4.74. The Bertz CT molecular complexity index is 557. The highest BCUT2D eigenvalue weighted by atomic mass is 16.2. The number of benzene rings is 1. The lowest BCUT2D eigenvalue weighted by Crippen LogP contribution is -2.38. The number of nitrogens with one attached hydrogen (secondary N) is 1. The van der Waals surface area contributed by atoms with Crippen LogP contribution in [-0.4, -0.2) is 54.3 Å². The second-order valence-electron chi connectivity index (χ2n) is 6.66. The molecule has 1 aliphatic heterocycles. The normalized spacial score (nSPS) is 21.0. The molecule has 0 radical (unpaired) electrons. The van der Waals surface area contributed by atoms with Crippen molar-refractivity contribution in [3.63, 3.8) is 0 Å². The van der Waals surface area contributed by atoms with Crippen LogP contribution in [0.3, 0.4) is 0 Å². The molecule has 0 aromatic heterocycles. The summed E-state index contributed by atoms with van der Waals surface area (Å²) in [4.78, 5) is 28.4. The van der Waals surface area contributed by atoms with Crippen LogP contribution in [0.25, 0.3) is 0 Å². The smallest absolute Gasteiger partial charge is 0.225 e. The van der Waals surface area contributed by atoms with E-state index in [1.807, 2.05) is 30.3 Å². The fraction of sp³-hybridized carbons (Fsp3) is 0.556. The molecule has 1 aromatic carbocycles. The van der Waals surface area contributed by atoms with Crippen molar-refractivity contribution in [2.75, 3.05) is 26.7 Å². The molecule has 1 N–H and O–H groups in total. The molecule has 124 valence electrons. The highest BCUT2D eigenvalue weighted by Gasteiger charge is 2.34. The molecule has 1 saturated heterocycles. The first kappa shape index (κ1) is 16.0. The third kappa shape index (κ3) is 4.32.